The molecule has 0 aromatic heterocycles. The zero-order chi connectivity index (χ0) is 8.97. The van der Waals surface area contributed by atoms with Crippen LogP contribution in [0, 0.1) is 0 Å². The minimum absolute atomic E-state index is 0.0404. The molecule has 0 N–H and O–H groups in total. The van der Waals surface area contributed by atoms with Crippen LogP contribution in [-0.4, -0.2) is 25.5 Å². The Bertz CT molecular complexity index is 191. The summed E-state index contributed by atoms with van der Waals surface area (Å²) in [5, 5.41) is 3.63. The van der Waals surface area contributed by atoms with Crippen LogP contribution in [0.15, 0.2) is 5.11 Å². The Morgan fingerprint density at radius 1 is 1.58 bits per heavy atom. The van der Waals surface area contributed by atoms with E-state index in [9.17, 15) is 0 Å². The zero-order valence-electron chi connectivity index (χ0n) is 7.30. The molecule has 68 valence electrons. The Kier molecular flexibility index (Phi) is 3.34. The van der Waals surface area contributed by atoms with Gasteiger partial charge in [-0.2, -0.15) is 0 Å². The highest BCUT2D eigenvalue weighted by Gasteiger charge is 2.26. The molecule has 1 aliphatic heterocycles. The molecule has 0 bridgehead atoms. The molecule has 1 saturated heterocycles. The first kappa shape index (κ1) is 9.32. The van der Waals surface area contributed by atoms with Gasteiger partial charge >= 0.3 is 0 Å². The van der Waals surface area contributed by atoms with Crippen molar-refractivity contribution in [1.82, 2.24) is 0 Å². The Balaban J connectivity index is 2.47. The van der Waals surface area contributed by atoms with Crippen molar-refractivity contribution in [1.29, 1.82) is 0 Å². The van der Waals surface area contributed by atoms with Gasteiger partial charge in [0.25, 0.3) is 0 Å². The second-order valence-electron chi connectivity index (χ2n) is 2.86. The normalized spacial score (nSPS) is 35.7. The lowest BCUT2D eigenvalue weighted by molar-refractivity contribution is -0.179. The van der Waals surface area contributed by atoms with Gasteiger partial charge in [0.15, 0.2) is 6.29 Å². The summed E-state index contributed by atoms with van der Waals surface area (Å²) in [5.74, 6) is 0. The third-order valence-electron chi connectivity index (χ3n) is 2.07. The molecule has 1 heterocycles. The Morgan fingerprint density at radius 2 is 2.33 bits per heavy atom. The summed E-state index contributed by atoms with van der Waals surface area (Å²) in [6.07, 6.45) is 1.46. The van der Waals surface area contributed by atoms with E-state index in [-0.39, 0.29) is 18.4 Å². The Hall–Kier alpha value is -0.770. The monoisotopic (exact) mass is 171 g/mol. The molecule has 0 unspecified atom stereocenters. The predicted octanol–water partition coefficient (Wildman–Crippen LogP) is 1.84. The van der Waals surface area contributed by atoms with Crippen LogP contribution in [-0.2, 0) is 9.47 Å². The van der Waals surface area contributed by atoms with Gasteiger partial charge in [-0.25, -0.2) is 0 Å². The van der Waals surface area contributed by atoms with Crippen molar-refractivity contribution in [2.24, 2.45) is 5.11 Å². The molecule has 0 radical (unpaired) electrons. The fraction of sp³-hybridized carbons (Fsp3) is 1.00. The summed E-state index contributed by atoms with van der Waals surface area (Å²) in [6, 6.07) is -0.0404. The Labute approximate surface area is 71.3 Å². The summed E-state index contributed by atoms with van der Waals surface area (Å²) in [4.78, 5) is 2.76. The van der Waals surface area contributed by atoms with E-state index in [1.165, 1.54) is 0 Å². The van der Waals surface area contributed by atoms with Crippen LogP contribution in [0.3, 0.4) is 0 Å². The van der Waals surface area contributed by atoms with Crippen LogP contribution in [0.25, 0.3) is 10.4 Å². The number of hydrogen-bond acceptors (Lipinski definition) is 3. The molecule has 5 heteroatoms. The second kappa shape index (κ2) is 4.30. The number of nitrogens with zero attached hydrogens (tertiary/aromatic N) is 3. The van der Waals surface area contributed by atoms with E-state index in [4.69, 9.17) is 15.0 Å². The molecule has 1 rings (SSSR count). The van der Waals surface area contributed by atoms with Gasteiger partial charge in [-0.05, 0) is 25.3 Å². The van der Waals surface area contributed by atoms with E-state index in [0.29, 0.717) is 0 Å². The number of azide groups is 1. The maximum absolute atomic E-state index is 8.23. The molecular formula is C7H13N3O2. The van der Waals surface area contributed by atoms with E-state index in [1.54, 1.807) is 7.11 Å². The SMILES string of the molecule is CO[C@H]1CC[C@H](N=[N+]=[N-])[C@H](C)O1. The molecular weight excluding hydrogens is 158 g/mol. The highest BCUT2D eigenvalue weighted by atomic mass is 16.7. The minimum atomic E-state index is -0.134. The van der Waals surface area contributed by atoms with Crippen LogP contribution in [0.4, 0.5) is 0 Å². The van der Waals surface area contributed by atoms with E-state index in [1.807, 2.05) is 6.92 Å². The molecule has 12 heavy (non-hydrogen) atoms. The summed E-state index contributed by atoms with van der Waals surface area (Å²) >= 11 is 0. The van der Waals surface area contributed by atoms with Crippen molar-refractivity contribution in [3.63, 3.8) is 0 Å². The standard InChI is InChI=1S/C7H13N3O2/c1-5-6(9-10-8)3-4-7(11-2)12-5/h5-7H,3-4H2,1-2H3/t5-,6-,7+/m0/s1. The van der Waals surface area contributed by atoms with Crippen molar-refractivity contribution in [3.8, 4) is 0 Å². The molecule has 0 aromatic rings. The van der Waals surface area contributed by atoms with Crippen molar-refractivity contribution < 1.29 is 9.47 Å². The maximum Gasteiger partial charge on any atom is 0.157 e. The summed E-state index contributed by atoms with van der Waals surface area (Å²) in [6.45, 7) is 1.89. The molecule has 3 atom stereocenters. The van der Waals surface area contributed by atoms with Gasteiger partial charge in [-0.3, -0.25) is 0 Å². The van der Waals surface area contributed by atoms with Crippen LogP contribution in [0.5, 0.6) is 0 Å². The smallest absolute Gasteiger partial charge is 0.157 e. The predicted molar refractivity (Wildman–Crippen MR) is 43.5 cm³/mol. The second-order valence-corrected chi connectivity index (χ2v) is 2.86. The highest BCUT2D eigenvalue weighted by Crippen LogP contribution is 2.22. The summed E-state index contributed by atoms with van der Waals surface area (Å²) < 4.78 is 10.4. The van der Waals surface area contributed by atoms with E-state index in [2.05, 4.69) is 10.0 Å². The number of hydrogen-bond donors (Lipinski definition) is 0. The van der Waals surface area contributed by atoms with Crippen LogP contribution < -0.4 is 0 Å². The fourth-order valence-corrected chi connectivity index (χ4v) is 1.33. The first-order valence-electron chi connectivity index (χ1n) is 4.00. The minimum Gasteiger partial charge on any atom is -0.356 e. The average Bonchev–Trinajstić information content (AvgIpc) is 2.09. The van der Waals surface area contributed by atoms with Gasteiger partial charge in [-0.15, -0.1) is 0 Å². The third-order valence-corrected chi connectivity index (χ3v) is 2.07. The van der Waals surface area contributed by atoms with Crippen LogP contribution in [0.1, 0.15) is 19.8 Å². The lowest BCUT2D eigenvalue weighted by Crippen LogP contribution is -2.36. The fourth-order valence-electron chi connectivity index (χ4n) is 1.33. The zero-order valence-corrected chi connectivity index (χ0v) is 7.30. The maximum atomic E-state index is 8.23. The van der Waals surface area contributed by atoms with Crippen molar-refractivity contribution >= 4 is 0 Å². The summed E-state index contributed by atoms with van der Waals surface area (Å²) in [5.41, 5.74) is 8.23. The van der Waals surface area contributed by atoms with Gasteiger partial charge in [0.2, 0.25) is 0 Å². The summed E-state index contributed by atoms with van der Waals surface area (Å²) in [7, 11) is 1.62. The third kappa shape index (κ3) is 2.11. The van der Waals surface area contributed by atoms with Gasteiger partial charge in [0, 0.05) is 12.0 Å². The molecule has 1 fully saturated rings. The topological polar surface area (TPSA) is 67.2 Å². The van der Waals surface area contributed by atoms with Crippen molar-refractivity contribution in [2.45, 2.75) is 38.2 Å². The molecule has 0 saturated carbocycles. The first-order valence-corrected chi connectivity index (χ1v) is 4.00. The quantitative estimate of drug-likeness (QED) is 0.361. The lowest BCUT2D eigenvalue weighted by atomic mass is 10.0. The number of rotatable bonds is 2. The molecule has 0 aliphatic carbocycles. The molecule has 5 nitrogen and oxygen atoms in total. The largest absolute Gasteiger partial charge is 0.356 e. The van der Waals surface area contributed by atoms with Crippen LogP contribution >= 0.6 is 0 Å². The van der Waals surface area contributed by atoms with E-state index in [0.717, 1.165) is 12.8 Å². The van der Waals surface area contributed by atoms with E-state index >= 15 is 0 Å². The van der Waals surface area contributed by atoms with E-state index < -0.39 is 0 Å². The molecule has 0 amide bonds. The number of ether oxygens (including phenoxy) is 2. The first-order chi connectivity index (χ1) is 5.77. The van der Waals surface area contributed by atoms with Gasteiger partial charge in [-0.1, -0.05) is 5.11 Å². The highest BCUT2D eigenvalue weighted by molar-refractivity contribution is 4.78. The molecule has 0 spiro atoms. The average molecular weight is 171 g/mol. The van der Waals surface area contributed by atoms with Crippen molar-refractivity contribution in [2.75, 3.05) is 7.11 Å². The number of methoxy groups -OCH3 is 1. The van der Waals surface area contributed by atoms with Crippen molar-refractivity contribution in [3.05, 3.63) is 10.4 Å². The Morgan fingerprint density at radius 3 is 2.83 bits per heavy atom. The lowest BCUT2D eigenvalue weighted by Gasteiger charge is -2.31. The molecule has 0 aromatic carbocycles. The van der Waals surface area contributed by atoms with Gasteiger partial charge in [0.1, 0.15) is 0 Å². The molecule has 1 aliphatic rings. The van der Waals surface area contributed by atoms with Gasteiger partial charge < -0.3 is 9.47 Å². The van der Waals surface area contributed by atoms with Gasteiger partial charge in [0.05, 0.1) is 12.1 Å². The van der Waals surface area contributed by atoms with Crippen LogP contribution in [0.2, 0.25) is 0 Å².